The number of carbonyl (C=O) groups excluding carboxylic acids is 2. The van der Waals surface area contributed by atoms with Gasteiger partial charge < -0.3 is 25.0 Å². The summed E-state index contributed by atoms with van der Waals surface area (Å²) in [7, 11) is 4.86. The number of quaternary nitrogens is 1. The molecular formula is C20H25ClN3O4+. The van der Waals surface area contributed by atoms with Crippen LogP contribution in [0.4, 0.5) is 11.4 Å². The predicted molar refractivity (Wildman–Crippen MR) is 109 cm³/mol. The van der Waals surface area contributed by atoms with Crippen LogP contribution in [-0.2, 0) is 9.59 Å². The van der Waals surface area contributed by atoms with Gasteiger partial charge in [0.05, 0.1) is 27.0 Å². The largest absolute Gasteiger partial charge is 0.497 e. The van der Waals surface area contributed by atoms with Crippen molar-refractivity contribution in [2.45, 2.75) is 13.0 Å². The molecule has 0 heterocycles. The average Bonchev–Trinajstić information content (AvgIpc) is 2.67. The van der Waals surface area contributed by atoms with Crippen LogP contribution in [0.5, 0.6) is 11.5 Å². The zero-order valence-electron chi connectivity index (χ0n) is 16.3. The third kappa shape index (κ3) is 5.87. The number of rotatable bonds is 8. The van der Waals surface area contributed by atoms with Crippen LogP contribution in [-0.4, -0.2) is 45.7 Å². The molecule has 28 heavy (non-hydrogen) atoms. The molecule has 0 aliphatic carbocycles. The summed E-state index contributed by atoms with van der Waals surface area (Å²) in [5.74, 6) is 0.720. The lowest BCUT2D eigenvalue weighted by Crippen LogP contribution is -3.14. The van der Waals surface area contributed by atoms with Gasteiger partial charge in [-0.1, -0.05) is 17.7 Å². The van der Waals surface area contributed by atoms with Gasteiger partial charge in [-0.3, -0.25) is 9.59 Å². The summed E-state index contributed by atoms with van der Waals surface area (Å²) in [6.07, 6.45) is 0. The number of benzene rings is 2. The summed E-state index contributed by atoms with van der Waals surface area (Å²) < 4.78 is 10.4. The van der Waals surface area contributed by atoms with Crippen molar-refractivity contribution in [3.05, 3.63) is 47.5 Å². The van der Waals surface area contributed by atoms with E-state index in [0.29, 0.717) is 27.9 Å². The molecule has 0 bridgehead atoms. The smallest absolute Gasteiger partial charge is 0.282 e. The number of ether oxygens (including phenoxy) is 2. The maximum atomic E-state index is 12.6. The summed E-state index contributed by atoms with van der Waals surface area (Å²) in [6.45, 7) is 1.87. The molecule has 0 aromatic heterocycles. The SMILES string of the molecule is COc1cccc(NC(=O)C[NH+](C)[C@H](C)C(=O)Nc2cc(Cl)ccc2OC)c1. The molecule has 2 rings (SSSR count). The fourth-order valence-corrected chi connectivity index (χ4v) is 2.73. The first kappa shape index (κ1) is 21.5. The van der Waals surface area contributed by atoms with E-state index in [4.69, 9.17) is 21.1 Å². The highest BCUT2D eigenvalue weighted by atomic mass is 35.5. The second-order valence-corrected chi connectivity index (χ2v) is 6.80. The summed E-state index contributed by atoms with van der Waals surface area (Å²) in [5, 5.41) is 6.10. The standard InChI is InChI=1S/C20H24ClN3O4/c1-13(20(26)23-17-10-14(21)8-9-18(17)28-4)24(2)12-19(25)22-15-6-5-7-16(11-15)27-3/h5-11,13H,12H2,1-4H3,(H,22,25)(H,23,26)/p+1/t13-/m1/s1. The van der Waals surface area contributed by atoms with Gasteiger partial charge in [0.1, 0.15) is 11.5 Å². The van der Waals surface area contributed by atoms with E-state index in [1.54, 1.807) is 63.5 Å². The summed E-state index contributed by atoms with van der Waals surface area (Å²) in [4.78, 5) is 25.6. The lowest BCUT2D eigenvalue weighted by atomic mass is 10.2. The van der Waals surface area contributed by atoms with E-state index < -0.39 is 6.04 Å². The number of anilines is 2. The highest BCUT2D eigenvalue weighted by molar-refractivity contribution is 6.31. The number of methoxy groups -OCH3 is 2. The number of hydrogen-bond acceptors (Lipinski definition) is 4. The second-order valence-electron chi connectivity index (χ2n) is 6.36. The maximum Gasteiger partial charge on any atom is 0.282 e. The van der Waals surface area contributed by atoms with Crippen LogP contribution in [0.2, 0.25) is 5.02 Å². The normalized spacial score (nSPS) is 12.6. The van der Waals surface area contributed by atoms with Crippen molar-refractivity contribution < 1.29 is 24.0 Å². The van der Waals surface area contributed by atoms with Crippen molar-refractivity contribution in [1.82, 2.24) is 0 Å². The molecule has 0 saturated carbocycles. The molecule has 0 aliphatic heterocycles. The van der Waals surface area contributed by atoms with Crippen molar-refractivity contribution in [2.24, 2.45) is 0 Å². The van der Waals surface area contributed by atoms with Crippen molar-refractivity contribution in [3.63, 3.8) is 0 Å². The van der Waals surface area contributed by atoms with Gasteiger partial charge >= 0.3 is 0 Å². The third-order valence-electron chi connectivity index (χ3n) is 4.34. The minimum Gasteiger partial charge on any atom is -0.497 e. The van der Waals surface area contributed by atoms with Gasteiger partial charge in [-0.15, -0.1) is 0 Å². The highest BCUT2D eigenvalue weighted by Gasteiger charge is 2.25. The molecule has 2 amide bonds. The number of nitrogens with one attached hydrogen (secondary N) is 3. The van der Waals surface area contributed by atoms with Gasteiger partial charge in [-0.05, 0) is 37.3 Å². The van der Waals surface area contributed by atoms with Gasteiger partial charge in [0.15, 0.2) is 12.6 Å². The zero-order chi connectivity index (χ0) is 20.7. The minimum atomic E-state index is -0.472. The van der Waals surface area contributed by atoms with Crippen LogP contribution in [0.25, 0.3) is 0 Å². The molecule has 7 nitrogen and oxygen atoms in total. The molecule has 0 saturated heterocycles. The van der Waals surface area contributed by atoms with E-state index in [9.17, 15) is 9.59 Å². The fourth-order valence-electron chi connectivity index (χ4n) is 2.56. The van der Waals surface area contributed by atoms with E-state index in [0.717, 1.165) is 4.90 Å². The van der Waals surface area contributed by atoms with E-state index in [2.05, 4.69) is 10.6 Å². The van der Waals surface area contributed by atoms with E-state index in [1.807, 2.05) is 0 Å². The van der Waals surface area contributed by atoms with Gasteiger partial charge in [0.2, 0.25) is 0 Å². The van der Waals surface area contributed by atoms with E-state index in [-0.39, 0.29) is 18.4 Å². The Hall–Kier alpha value is -2.77. The molecule has 0 radical (unpaired) electrons. The van der Waals surface area contributed by atoms with Crippen molar-refractivity contribution >= 4 is 34.8 Å². The molecule has 2 aromatic rings. The van der Waals surface area contributed by atoms with E-state index >= 15 is 0 Å². The number of hydrogen-bond donors (Lipinski definition) is 3. The topological polar surface area (TPSA) is 81.1 Å². The van der Waals surface area contributed by atoms with Gasteiger partial charge in [0, 0.05) is 16.8 Å². The molecule has 3 N–H and O–H groups in total. The first-order chi connectivity index (χ1) is 13.3. The highest BCUT2D eigenvalue weighted by Crippen LogP contribution is 2.27. The molecule has 0 spiro atoms. The summed E-state index contributed by atoms with van der Waals surface area (Å²) >= 11 is 5.99. The number of carbonyl (C=O) groups is 2. The zero-order valence-corrected chi connectivity index (χ0v) is 17.1. The average molecular weight is 407 g/mol. The summed E-state index contributed by atoms with van der Waals surface area (Å²) in [6, 6.07) is 11.6. The Bertz CT molecular complexity index is 844. The van der Waals surface area contributed by atoms with Crippen molar-refractivity contribution in [2.75, 3.05) is 38.4 Å². The van der Waals surface area contributed by atoms with Crippen LogP contribution in [0, 0.1) is 0 Å². The van der Waals surface area contributed by atoms with Crippen LogP contribution in [0.3, 0.4) is 0 Å². The Morgan fingerprint density at radius 2 is 1.86 bits per heavy atom. The van der Waals surface area contributed by atoms with E-state index in [1.165, 1.54) is 7.11 Å². The molecule has 0 aliphatic rings. The number of halogens is 1. The molecule has 1 unspecified atom stereocenters. The second kappa shape index (κ2) is 9.96. The molecule has 150 valence electrons. The molecule has 2 atom stereocenters. The maximum absolute atomic E-state index is 12.6. The van der Waals surface area contributed by atoms with Crippen LogP contribution >= 0.6 is 11.6 Å². The summed E-state index contributed by atoms with van der Waals surface area (Å²) in [5.41, 5.74) is 1.12. The van der Waals surface area contributed by atoms with Gasteiger partial charge in [-0.2, -0.15) is 0 Å². The fraction of sp³-hybridized carbons (Fsp3) is 0.300. The molecule has 0 fully saturated rings. The van der Waals surface area contributed by atoms with Gasteiger partial charge in [0.25, 0.3) is 11.8 Å². The Morgan fingerprint density at radius 1 is 1.11 bits per heavy atom. The lowest BCUT2D eigenvalue weighted by Gasteiger charge is -2.21. The van der Waals surface area contributed by atoms with Gasteiger partial charge in [-0.25, -0.2) is 0 Å². The minimum absolute atomic E-state index is 0.123. The Balaban J connectivity index is 1.95. The third-order valence-corrected chi connectivity index (χ3v) is 4.58. The molecule has 2 aromatic carbocycles. The van der Waals surface area contributed by atoms with Crippen LogP contribution < -0.4 is 25.0 Å². The Morgan fingerprint density at radius 3 is 2.54 bits per heavy atom. The first-order valence-electron chi connectivity index (χ1n) is 8.74. The van der Waals surface area contributed by atoms with Crippen LogP contribution in [0.1, 0.15) is 6.92 Å². The molecule has 8 heteroatoms. The first-order valence-corrected chi connectivity index (χ1v) is 9.12. The Kier molecular flexibility index (Phi) is 7.66. The lowest BCUT2D eigenvalue weighted by molar-refractivity contribution is -0.885. The monoisotopic (exact) mass is 406 g/mol. The Labute approximate surface area is 169 Å². The molecular weight excluding hydrogens is 382 g/mol. The van der Waals surface area contributed by atoms with Crippen molar-refractivity contribution in [1.29, 1.82) is 0 Å². The number of likely N-dealkylation sites (N-methyl/N-ethyl adjacent to an activating group) is 1. The van der Waals surface area contributed by atoms with Crippen molar-refractivity contribution in [3.8, 4) is 11.5 Å². The number of amides is 2. The quantitative estimate of drug-likeness (QED) is 0.625. The van der Waals surface area contributed by atoms with Crippen LogP contribution in [0.15, 0.2) is 42.5 Å². The predicted octanol–water partition coefficient (Wildman–Crippen LogP) is 1.84.